The molecule has 2 amide bonds. The topological polar surface area (TPSA) is 136 Å². The van der Waals surface area contributed by atoms with Gasteiger partial charge in [0.15, 0.2) is 0 Å². The van der Waals surface area contributed by atoms with Gasteiger partial charge >= 0.3 is 5.97 Å². The van der Waals surface area contributed by atoms with Crippen LogP contribution < -0.4 is 19.7 Å². The molecule has 11 heteroatoms. The summed E-state index contributed by atoms with van der Waals surface area (Å²) in [6, 6.07) is 12.3. The molecule has 0 bridgehead atoms. The molecular weight excluding hydrogens is 466 g/mol. The second-order valence-corrected chi connectivity index (χ2v) is 8.37. The number of nitrogens with zero attached hydrogens (tertiary/aromatic N) is 4. The Morgan fingerprint density at radius 3 is 2.61 bits per heavy atom. The van der Waals surface area contributed by atoms with Gasteiger partial charge in [-0.3, -0.25) is 19.1 Å². The van der Waals surface area contributed by atoms with Crippen LogP contribution in [0.4, 0.5) is 11.4 Å². The summed E-state index contributed by atoms with van der Waals surface area (Å²) >= 11 is 0. The Labute approximate surface area is 207 Å². The van der Waals surface area contributed by atoms with Gasteiger partial charge in [0.25, 0.3) is 0 Å². The van der Waals surface area contributed by atoms with E-state index in [0.717, 1.165) is 5.56 Å². The van der Waals surface area contributed by atoms with Crippen molar-refractivity contribution in [3.8, 4) is 22.8 Å². The van der Waals surface area contributed by atoms with E-state index in [1.807, 2.05) is 12.1 Å². The van der Waals surface area contributed by atoms with Gasteiger partial charge in [-0.15, -0.1) is 5.10 Å². The number of hydrogen-bond acceptors (Lipinski definition) is 7. The molecule has 1 saturated heterocycles. The minimum atomic E-state index is -0.845. The van der Waals surface area contributed by atoms with Crippen molar-refractivity contribution < 1.29 is 29.0 Å². The van der Waals surface area contributed by atoms with Crippen LogP contribution in [-0.4, -0.2) is 58.6 Å². The molecule has 2 heterocycles. The third-order valence-electron chi connectivity index (χ3n) is 5.94. The first-order valence-electron chi connectivity index (χ1n) is 11.4. The molecule has 3 aromatic rings. The number of ether oxygens (including phenoxy) is 2. The number of anilines is 2. The van der Waals surface area contributed by atoms with E-state index >= 15 is 0 Å². The van der Waals surface area contributed by atoms with Crippen LogP contribution in [0, 0.1) is 5.92 Å². The second kappa shape index (κ2) is 10.9. The first-order valence-corrected chi connectivity index (χ1v) is 11.4. The lowest BCUT2D eigenvalue weighted by Gasteiger charge is -2.20. The molecule has 0 saturated carbocycles. The molecule has 1 aliphatic rings. The average molecular weight is 494 g/mol. The fraction of sp³-hybridized carbons (Fsp3) is 0.320. The number of carboxylic acids is 1. The average Bonchev–Trinajstić information content (AvgIpc) is 3.50. The molecule has 188 valence electrons. The summed E-state index contributed by atoms with van der Waals surface area (Å²) in [6.07, 6.45) is 2.38. The van der Waals surface area contributed by atoms with Gasteiger partial charge in [0.05, 0.1) is 32.0 Å². The molecule has 1 unspecified atom stereocenters. The molecule has 0 spiro atoms. The minimum Gasteiger partial charge on any atom is -0.497 e. The van der Waals surface area contributed by atoms with Crippen molar-refractivity contribution in [1.82, 2.24) is 15.0 Å². The van der Waals surface area contributed by atoms with Gasteiger partial charge in [-0.1, -0.05) is 17.3 Å². The number of aryl methyl sites for hydroxylation is 1. The number of nitrogens with one attached hydrogen (secondary N) is 1. The molecule has 1 atom stereocenters. The summed E-state index contributed by atoms with van der Waals surface area (Å²) in [7, 11) is 3.07. The van der Waals surface area contributed by atoms with E-state index in [1.165, 1.54) is 7.11 Å². The van der Waals surface area contributed by atoms with Gasteiger partial charge in [-0.05, 0) is 30.7 Å². The van der Waals surface area contributed by atoms with Crippen molar-refractivity contribution >= 4 is 29.2 Å². The highest BCUT2D eigenvalue weighted by atomic mass is 16.5. The fourth-order valence-corrected chi connectivity index (χ4v) is 4.02. The first-order chi connectivity index (χ1) is 17.4. The van der Waals surface area contributed by atoms with Crippen molar-refractivity contribution in [2.24, 2.45) is 5.92 Å². The molecule has 0 radical (unpaired) electrons. The largest absolute Gasteiger partial charge is 0.497 e. The summed E-state index contributed by atoms with van der Waals surface area (Å²) < 4.78 is 12.3. The van der Waals surface area contributed by atoms with E-state index in [2.05, 4.69) is 15.6 Å². The number of hydrogen-bond donors (Lipinski definition) is 2. The predicted molar refractivity (Wildman–Crippen MR) is 131 cm³/mol. The lowest BCUT2D eigenvalue weighted by atomic mass is 10.1. The zero-order valence-electron chi connectivity index (χ0n) is 20.0. The number of amides is 2. The highest BCUT2D eigenvalue weighted by Crippen LogP contribution is 2.36. The Hall–Kier alpha value is -4.41. The summed E-state index contributed by atoms with van der Waals surface area (Å²) in [6.45, 7) is 0.698. The van der Waals surface area contributed by atoms with E-state index in [9.17, 15) is 14.4 Å². The Balaban J connectivity index is 1.37. The van der Waals surface area contributed by atoms with E-state index in [4.69, 9.17) is 14.6 Å². The number of carbonyl (C=O) groups excluding carboxylic acids is 2. The molecule has 1 fully saturated rings. The number of benzene rings is 2. The molecule has 2 aromatic carbocycles. The molecule has 11 nitrogen and oxygen atoms in total. The van der Waals surface area contributed by atoms with Gasteiger partial charge in [-0.2, -0.15) is 0 Å². The zero-order valence-corrected chi connectivity index (χ0v) is 20.0. The maximum atomic E-state index is 12.9. The maximum absolute atomic E-state index is 12.9. The van der Waals surface area contributed by atoms with Crippen LogP contribution >= 0.6 is 0 Å². The smallest absolute Gasteiger partial charge is 0.303 e. The van der Waals surface area contributed by atoms with Crippen molar-refractivity contribution in [2.45, 2.75) is 25.8 Å². The Morgan fingerprint density at radius 1 is 1.14 bits per heavy atom. The Kier molecular flexibility index (Phi) is 7.47. The molecule has 36 heavy (non-hydrogen) atoms. The lowest BCUT2D eigenvalue weighted by molar-refractivity contribution is -0.137. The van der Waals surface area contributed by atoms with Gasteiger partial charge < -0.3 is 24.8 Å². The van der Waals surface area contributed by atoms with Crippen LogP contribution in [0.15, 0.2) is 48.7 Å². The van der Waals surface area contributed by atoms with Gasteiger partial charge in [0.2, 0.25) is 11.8 Å². The number of carbonyl (C=O) groups is 3. The SMILES string of the molecule is COc1ccc(OC)c(N2CC(C(=O)Nc3ccc(-c4cn(CCCC(=O)O)nn4)cc3)CC2=O)c1. The van der Waals surface area contributed by atoms with Crippen LogP contribution in [0.2, 0.25) is 0 Å². The summed E-state index contributed by atoms with van der Waals surface area (Å²) in [5.74, 6) is -0.652. The molecule has 1 aromatic heterocycles. The Morgan fingerprint density at radius 2 is 1.92 bits per heavy atom. The van der Waals surface area contributed by atoms with E-state index in [1.54, 1.807) is 53.2 Å². The predicted octanol–water partition coefficient (Wildman–Crippen LogP) is 2.82. The Bertz CT molecular complexity index is 1260. The van der Waals surface area contributed by atoms with Crippen LogP contribution in [0.5, 0.6) is 11.5 Å². The summed E-state index contributed by atoms with van der Waals surface area (Å²) in [5.41, 5.74) is 2.62. The normalized spacial score (nSPS) is 15.1. The number of aliphatic carboxylic acids is 1. The second-order valence-electron chi connectivity index (χ2n) is 8.37. The quantitative estimate of drug-likeness (QED) is 0.440. The number of methoxy groups -OCH3 is 2. The third kappa shape index (κ3) is 5.62. The van der Waals surface area contributed by atoms with Gasteiger partial charge in [0, 0.05) is 43.2 Å². The van der Waals surface area contributed by atoms with Crippen molar-refractivity contribution in [3.05, 3.63) is 48.7 Å². The van der Waals surface area contributed by atoms with Crippen LogP contribution in [-0.2, 0) is 20.9 Å². The molecule has 1 aliphatic heterocycles. The molecule has 2 N–H and O–H groups in total. The first kappa shape index (κ1) is 24.7. The minimum absolute atomic E-state index is 0.0705. The lowest BCUT2D eigenvalue weighted by Crippen LogP contribution is -2.28. The molecular formula is C25H27N5O6. The molecule has 0 aliphatic carbocycles. The van der Waals surface area contributed by atoms with E-state index in [-0.39, 0.29) is 31.2 Å². The van der Waals surface area contributed by atoms with Crippen LogP contribution in [0.3, 0.4) is 0 Å². The summed E-state index contributed by atoms with van der Waals surface area (Å²) in [4.78, 5) is 37.8. The van der Waals surface area contributed by atoms with E-state index < -0.39 is 11.9 Å². The maximum Gasteiger partial charge on any atom is 0.303 e. The highest BCUT2D eigenvalue weighted by molar-refractivity contribution is 6.04. The monoisotopic (exact) mass is 493 g/mol. The fourth-order valence-electron chi connectivity index (χ4n) is 4.02. The number of rotatable bonds is 10. The van der Waals surface area contributed by atoms with Crippen molar-refractivity contribution in [1.29, 1.82) is 0 Å². The number of carboxylic acid groups (broad SMARTS) is 1. The van der Waals surface area contributed by atoms with Crippen molar-refractivity contribution in [3.63, 3.8) is 0 Å². The van der Waals surface area contributed by atoms with Crippen LogP contribution in [0.1, 0.15) is 19.3 Å². The van der Waals surface area contributed by atoms with Gasteiger partial charge in [-0.25, -0.2) is 0 Å². The molecule has 4 rings (SSSR count). The van der Waals surface area contributed by atoms with E-state index in [0.29, 0.717) is 41.5 Å². The third-order valence-corrected chi connectivity index (χ3v) is 5.94. The van der Waals surface area contributed by atoms with Gasteiger partial charge in [0.1, 0.15) is 17.2 Å². The standard InChI is InChI=1S/C25H27N5O6/c1-35-19-9-10-22(36-2)21(13-19)30-14-17(12-23(30)31)25(34)26-18-7-5-16(6-8-18)20-15-29(28-27-20)11-3-4-24(32)33/h5-10,13,15,17H,3-4,11-12,14H2,1-2H3,(H,26,34)(H,32,33). The summed E-state index contributed by atoms with van der Waals surface area (Å²) in [5, 5.41) is 19.8. The van der Waals surface area contributed by atoms with Crippen LogP contribution in [0.25, 0.3) is 11.3 Å². The number of aromatic nitrogens is 3. The zero-order chi connectivity index (χ0) is 25.7. The van der Waals surface area contributed by atoms with Crippen molar-refractivity contribution in [2.75, 3.05) is 31.0 Å². The highest BCUT2D eigenvalue weighted by Gasteiger charge is 2.36.